The van der Waals surface area contributed by atoms with E-state index < -0.39 is 6.10 Å². The summed E-state index contributed by atoms with van der Waals surface area (Å²) in [7, 11) is 0. The number of allylic oxidation sites excluding steroid dienone is 2. The minimum Gasteiger partial charge on any atom is -0.456 e. The van der Waals surface area contributed by atoms with Gasteiger partial charge in [-0.05, 0) is 99.7 Å². The summed E-state index contributed by atoms with van der Waals surface area (Å²) in [6, 6.07) is 0. The molecule has 8 unspecified atom stereocenters. The molecule has 0 aromatic heterocycles. The van der Waals surface area contributed by atoms with Crippen LogP contribution < -0.4 is 0 Å². The lowest BCUT2D eigenvalue weighted by Gasteiger charge is -2.36. The second kappa shape index (κ2) is 5.61. The van der Waals surface area contributed by atoms with Crippen LogP contribution in [0.2, 0.25) is 0 Å². The predicted octanol–water partition coefficient (Wildman–Crippen LogP) is 3.89. The molecule has 0 aromatic rings. The van der Waals surface area contributed by atoms with E-state index in [1.54, 1.807) is 6.92 Å². The zero-order valence-electron chi connectivity index (χ0n) is 16.1. The van der Waals surface area contributed by atoms with Gasteiger partial charge in [-0.25, -0.2) is 4.79 Å². The number of fused-ring (bicyclic) bond motifs is 11. The minimum atomic E-state index is -0.777. The van der Waals surface area contributed by atoms with Crippen LogP contribution in [0.4, 0.5) is 0 Å². The molecule has 6 aliphatic carbocycles. The van der Waals surface area contributed by atoms with Crippen LogP contribution in [0.25, 0.3) is 0 Å². The van der Waals surface area contributed by atoms with Gasteiger partial charge < -0.3 is 9.47 Å². The third-order valence-corrected chi connectivity index (χ3v) is 9.19. The summed E-state index contributed by atoms with van der Waals surface area (Å²) < 4.78 is 11.5. The van der Waals surface area contributed by atoms with Gasteiger partial charge in [-0.3, -0.25) is 4.79 Å². The highest BCUT2D eigenvalue weighted by Gasteiger charge is 2.62. The molecule has 146 valence electrons. The Labute approximate surface area is 161 Å². The molecule has 5 fully saturated rings. The third-order valence-electron chi connectivity index (χ3n) is 9.19. The second-order valence-electron chi connectivity index (χ2n) is 10.4. The van der Waals surface area contributed by atoms with Gasteiger partial charge >= 0.3 is 11.9 Å². The van der Waals surface area contributed by atoms with Crippen molar-refractivity contribution >= 4 is 11.9 Å². The molecule has 0 radical (unpaired) electrons. The summed E-state index contributed by atoms with van der Waals surface area (Å²) in [5, 5.41) is 0. The average molecular weight is 370 g/mol. The van der Waals surface area contributed by atoms with E-state index in [9.17, 15) is 9.59 Å². The van der Waals surface area contributed by atoms with Crippen LogP contribution in [0, 0.1) is 47.3 Å². The van der Waals surface area contributed by atoms with Gasteiger partial charge in [0.2, 0.25) is 0 Å². The maximum atomic E-state index is 12.9. The molecule has 0 heterocycles. The van der Waals surface area contributed by atoms with E-state index in [2.05, 4.69) is 12.2 Å². The number of carbonyl (C=O) groups excluding carboxylic acids is 2. The quantitative estimate of drug-likeness (QED) is 0.428. The number of esters is 2. The highest BCUT2D eigenvalue weighted by molar-refractivity contribution is 5.81. The van der Waals surface area contributed by atoms with Gasteiger partial charge in [0.15, 0.2) is 6.10 Å². The predicted molar refractivity (Wildman–Crippen MR) is 98.4 cm³/mol. The van der Waals surface area contributed by atoms with Crippen molar-refractivity contribution in [2.75, 3.05) is 0 Å². The summed E-state index contributed by atoms with van der Waals surface area (Å²) in [6.45, 7) is 1.69. The van der Waals surface area contributed by atoms with Gasteiger partial charge in [0, 0.05) is 0 Å². The maximum Gasteiger partial charge on any atom is 0.347 e. The highest BCUT2D eigenvalue weighted by Crippen LogP contribution is 2.67. The molecule has 0 aliphatic heterocycles. The Bertz CT molecular complexity index is 703. The van der Waals surface area contributed by atoms with Gasteiger partial charge in [0.25, 0.3) is 0 Å². The van der Waals surface area contributed by atoms with Crippen LogP contribution in [0.1, 0.15) is 58.3 Å². The molecule has 0 N–H and O–H groups in total. The number of hydrogen-bond donors (Lipinski definition) is 0. The van der Waals surface area contributed by atoms with Crippen molar-refractivity contribution in [2.24, 2.45) is 47.3 Å². The summed E-state index contributed by atoms with van der Waals surface area (Å²) in [5.74, 6) is 4.35. The Morgan fingerprint density at radius 3 is 2.48 bits per heavy atom. The first kappa shape index (κ1) is 16.6. The lowest BCUT2D eigenvalue weighted by molar-refractivity contribution is -0.180. The summed E-state index contributed by atoms with van der Waals surface area (Å²) >= 11 is 0. The Kier molecular flexibility index (Phi) is 3.45. The van der Waals surface area contributed by atoms with Crippen molar-refractivity contribution < 1.29 is 19.1 Å². The van der Waals surface area contributed by atoms with Gasteiger partial charge in [-0.15, -0.1) is 0 Å². The maximum absolute atomic E-state index is 12.9. The number of ether oxygens (including phenoxy) is 2. The van der Waals surface area contributed by atoms with Crippen molar-refractivity contribution in [1.82, 2.24) is 0 Å². The smallest absolute Gasteiger partial charge is 0.347 e. The molecular formula is C23H30O4. The normalized spacial score (nSPS) is 51.6. The molecule has 0 aromatic carbocycles. The Morgan fingerprint density at radius 2 is 1.78 bits per heavy atom. The molecule has 4 heteroatoms. The summed E-state index contributed by atoms with van der Waals surface area (Å²) in [6.07, 6.45) is 12.8. The van der Waals surface area contributed by atoms with Crippen LogP contribution >= 0.6 is 0 Å². The van der Waals surface area contributed by atoms with E-state index >= 15 is 0 Å². The first-order valence-electron chi connectivity index (χ1n) is 11.1. The van der Waals surface area contributed by atoms with Crippen LogP contribution in [0.3, 0.4) is 0 Å². The summed E-state index contributed by atoms with van der Waals surface area (Å²) in [5.41, 5.74) is -0.252. The highest BCUT2D eigenvalue weighted by atomic mass is 16.6. The first-order valence-corrected chi connectivity index (χ1v) is 11.1. The Balaban J connectivity index is 1.09. The van der Waals surface area contributed by atoms with E-state index in [0.717, 1.165) is 43.4 Å². The third kappa shape index (κ3) is 2.34. The van der Waals surface area contributed by atoms with Crippen LogP contribution in [0.15, 0.2) is 12.2 Å². The van der Waals surface area contributed by atoms with E-state index in [1.807, 2.05) is 0 Å². The molecule has 5 saturated carbocycles. The summed E-state index contributed by atoms with van der Waals surface area (Å²) in [4.78, 5) is 25.5. The van der Waals surface area contributed by atoms with Gasteiger partial charge in [-0.1, -0.05) is 12.2 Å². The monoisotopic (exact) mass is 370 g/mol. The van der Waals surface area contributed by atoms with Crippen molar-refractivity contribution in [3.63, 3.8) is 0 Å². The van der Waals surface area contributed by atoms with Crippen molar-refractivity contribution in [3.05, 3.63) is 12.2 Å². The SMILES string of the molecule is CC(OC(=O)C1CC2CC1C1C3C=CC(C3)C21)C(=O)OC12CCC(CC1)C2. The number of hydrogen-bond acceptors (Lipinski definition) is 4. The molecule has 6 rings (SSSR count). The fourth-order valence-corrected chi connectivity index (χ4v) is 8.17. The van der Waals surface area contributed by atoms with E-state index in [0.29, 0.717) is 23.7 Å². The molecule has 8 atom stereocenters. The lowest BCUT2D eigenvalue weighted by Crippen LogP contribution is -2.39. The van der Waals surface area contributed by atoms with E-state index in [4.69, 9.17) is 9.47 Å². The van der Waals surface area contributed by atoms with Gasteiger partial charge in [0.1, 0.15) is 5.60 Å². The minimum absolute atomic E-state index is 0.000227. The average Bonchev–Trinajstić information content (AvgIpc) is 3.48. The van der Waals surface area contributed by atoms with Crippen LogP contribution in [-0.2, 0) is 19.1 Å². The number of carbonyl (C=O) groups is 2. The topological polar surface area (TPSA) is 52.6 Å². The molecule has 6 bridgehead atoms. The number of rotatable bonds is 4. The van der Waals surface area contributed by atoms with Crippen LogP contribution in [-0.4, -0.2) is 23.6 Å². The second-order valence-corrected chi connectivity index (χ2v) is 10.4. The van der Waals surface area contributed by atoms with Crippen molar-refractivity contribution in [2.45, 2.75) is 70.0 Å². The fraction of sp³-hybridized carbons (Fsp3) is 0.826. The molecule has 0 amide bonds. The van der Waals surface area contributed by atoms with Crippen molar-refractivity contribution in [3.8, 4) is 0 Å². The fourth-order valence-electron chi connectivity index (χ4n) is 8.17. The standard InChI is InChI=1S/C23H30O4/c1-12(21(24)27-23-6-4-13(11-23)5-7-23)26-22(25)18-10-16-9-17(18)20-15-3-2-14(8-15)19(16)20/h2-3,12-20H,4-11H2,1H3. The molecular weight excluding hydrogens is 340 g/mol. The largest absolute Gasteiger partial charge is 0.456 e. The van der Waals surface area contributed by atoms with Crippen LogP contribution in [0.5, 0.6) is 0 Å². The lowest BCUT2D eigenvalue weighted by atomic mass is 9.69. The molecule has 0 saturated heterocycles. The van der Waals surface area contributed by atoms with Crippen molar-refractivity contribution in [1.29, 1.82) is 0 Å². The molecule has 4 nitrogen and oxygen atoms in total. The zero-order chi connectivity index (χ0) is 18.3. The van der Waals surface area contributed by atoms with Gasteiger partial charge in [0.05, 0.1) is 5.92 Å². The zero-order valence-corrected chi connectivity index (χ0v) is 16.1. The Morgan fingerprint density at radius 1 is 1.04 bits per heavy atom. The Hall–Kier alpha value is -1.32. The first-order chi connectivity index (χ1) is 13.0. The molecule has 0 spiro atoms. The van der Waals surface area contributed by atoms with E-state index in [1.165, 1.54) is 25.7 Å². The molecule has 6 aliphatic rings. The molecule has 27 heavy (non-hydrogen) atoms. The van der Waals surface area contributed by atoms with Gasteiger partial charge in [-0.2, -0.15) is 0 Å². The van der Waals surface area contributed by atoms with E-state index in [-0.39, 0.29) is 23.5 Å².